The smallest absolute Gasteiger partial charge is 0.134 e. The molecule has 0 aliphatic carbocycles. The second kappa shape index (κ2) is 7.51. The molecule has 23 heavy (non-hydrogen) atoms. The van der Waals surface area contributed by atoms with E-state index in [1.165, 1.54) is 12.8 Å². The van der Waals surface area contributed by atoms with Crippen LogP contribution in [0.25, 0.3) is 11.4 Å². The van der Waals surface area contributed by atoms with Crippen LogP contribution in [0.2, 0.25) is 0 Å². The second-order valence-corrected chi connectivity index (χ2v) is 6.44. The summed E-state index contributed by atoms with van der Waals surface area (Å²) in [5.74, 6) is 2.77. The van der Waals surface area contributed by atoms with Gasteiger partial charge in [-0.25, -0.2) is 9.97 Å². The predicted octanol–water partition coefficient (Wildman–Crippen LogP) is 3.07. The molecule has 0 bridgehead atoms. The lowest BCUT2D eigenvalue weighted by atomic mass is 9.98. The first kappa shape index (κ1) is 15.9. The van der Waals surface area contributed by atoms with Crippen molar-refractivity contribution in [3.63, 3.8) is 0 Å². The number of hydrogen-bond acceptors (Lipinski definition) is 5. The number of anilines is 1. The molecule has 0 aromatic carbocycles. The van der Waals surface area contributed by atoms with Crippen molar-refractivity contribution in [3.05, 3.63) is 36.3 Å². The lowest BCUT2D eigenvalue weighted by molar-refractivity contribution is 0.389. The highest BCUT2D eigenvalue weighted by Gasteiger charge is 2.14. The Bertz CT molecular complexity index is 621. The Morgan fingerprint density at radius 1 is 1.17 bits per heavy atom. The van der Waals surface area contributed by atoms with Gasteiger partial charge in [0.25, 0.3) is 0 Å². The average Bonchev–Trinajstić information content (AvgIpc) is 2.61. The minimum atomic E-state index is 0.290. The Morgan fingerprint density at radius 2 is 2.00 bits per heavy atom. The summed E-state index contributed by atoms with van der Waals surface area (Å²) in [4.78, 5) is 13.8. The van der Waals surface area contributed by atoms with Crippen molar-refractivity contribution in [2.75, 3.05) is 25.0 Å². The van der Waals surface area contributed by atoms with Crippen LogP contribution in [0.3, 0.4) is 0 Å². The van der Waals surface area contributed by atoms with Crippen molar-refractivity contribution in [1.82, 2.24) is 20.3 Å². The summed E-state index contributed by atoms with van der Waals surface area (Å²) in [5.41, 5.74) is 1.78. The molecule has 0 saturated carbocycles. The first-order chi connectivity index (χ1) is 11.2. The summed E-state index contributed by atoms with van der Waals surface area (Å²) in [7, 11) is 0. The zero-order valence-corrected chi connectivity index (χ0v) is 13.9. The van der Waals surface area contributed by atoms with Gasteiger partial charge >= 0.3 is 0 Å². The monoisotopic (exact) mass is 311 g/mol. The largest absolute Gasteiger partial charge is 0.370 e. The maximum absolute atomic E-state index is 4.68. The normalized spacial score (nSPS) is 15.8. The molecule has 1 aliphatic rings. The topological polar surface area (TPSA) is 62.7 Å². The summed E-state index contributed by atoms with van der Waals surface area (Å²) >= 11 is 0. The molecular formula is C18H25N5. The third-order valence-electron chi connectivity index (χ3n) is 4.22. The van der Waals surface area contributed by atoms with Crippen LogP contribution < -0.4 is 10.6 Å². The van der Waals surface area contributed by atoms with Gasteiger partial charge in [0, 0.05) is 24.7 Å². The molecule has 0 atom stereocenters. The van der Waals surface area contributed by atoms with E-state index in [0.29, 0.717) is 5.92 Å². The minimum Gasteiger partial charge on any atom is -0.370 e. The molecule has 122 valence electrons. The van der Waals surface area contributed by atoms with Gasteiger partial charge in [0.15, 0.2) is 0 Å². The van der Waals surface area contributed by atoms with Crippen molar-refractivity contribution in [1.29, 1.82) is 0 Å². The maximum atomic E-state index is 4.68. The summed E-state index contributed by atoms with van der Waals surface area (Å²) in [5, 5.41) is 6.92. The number of rotatable bonds is 5. The van der Waals surface area contributed by atoms with Gasteiger partial charge in [-0.05, 0) is 44.0 Å². The lowest BCUT2D eigenvalue weighted by Crippen LogP contribution is -2.31. The zero-order valence-electron chi connectivity index (χ0n) is 13.9. The maximum Gasteiger partial charge on any atom is 0.134 e. The highest BCUT2D eigenvalue weighted by Crippen LogP contribution is 2.21. The first-order valence-electron chi connectivity index (χ1n) is 8.47. The molecule has 1 aliphatic heterocycles. The number of nitrogens with zero attached hydrogens (tertiary/aromatic N) is 3. The molecule has 2 aromatic rings. The number of nitrogens with one attached hydrogen (secondary N) is 2. The zero-order chi connectivity index (χ0) is 16.1. The van der Waals surface area contributed by atoms with E-state index in [1.54, 1.807) is 6.20 Å². The van der Waals surface area contributed by atoms with E-state index in [9.17, 15) is 0 Å². The van der Waals surface area contributed by atoms with Crippen LogP contribution in [-0.4, -0.2) is 34.6 Å². The first-order valence-corrected chi connectivity index (χ1v) is 8.47. The van der Waals surface area contributed by atoms with Gasteiger partial charge < -0.3 is 10.6 Å². The van der Waals surface area contributed by atoms with Gasteiger partial charge in [0.2, 0.25) is 0 Å². The third-order valence-corrected chi connectivity index (χ3v) is 4.22. The Balaban J connectivity index is 1.79. The fourth-order valence-electron chi connectivity index (χ4n) is 2.79. The van der Waals surface area contributed by atoms with Crippen molar-refractivity contribution < 1.29 is 0 Å². The molecule has 3 rings (SSSR count). The molecule has 2 aromatic heterocycles. The highest BCUT2D eigenvalue weighted by atomic mass is 15.0. The molecule has 0 radical (unpaired) electrons. The van der Waals surface area contributed by atoms with E-state index >= 15 is 0 Å². The Hall–Kier alpha value is -2.01. The van der Waals surface area contributed by atoms with Crippen molar-refractivity contribution in [3.8, 4) is 11.4 Å². The molecule has 1 fully saturated rings. The van der Waals surface area contributed by atoms with Crippen LogP contribution in [0.1, 0.15) is 38.4 Å². The van der Waals surface area contributed by atoms with Crippen LogP contribution in [-0.2, 0) is 0 Å². The van der Waals surface area contributed by atoms with Crippen LogP contribution in [0.15, 0.2) is 30.5 Å². The number of pyridine rings is 1. The third kappa shape index (κ3) is 4.26. The van der Waals surface area contributed by atoms with E-state index in [-0.39, 0.29) is 5.92 Å². The number of piperidine rings is 1. The summed E-state index contributed by atoms with van der Waals surface area (Å²) in [6, 6.07) is 7.91. The summed E-state index contributed by atoms with van der Waals surface area (Å²) in [6.45, 7) is 7.44. The second-order valence-electron chi connectivity index (χ2n) is 6.44. The summed E-state index contributed by atoms with van der Waals surface area (Å²) < 4.78 is 0. The SMILES string of the molecule is CC(C)c1nc(NCC2CCNCC2)cc(-c2ccccn2)n1. The van der Waals surface area contributed by atoms with Crippen LogP contribution in [0.4, 0.5) is 5.82 Å². The standard InChI is InChI=1S/C18H25N5/c1-13(2)18-22-16(15-5-3-4-8-20-15)11-17(23-18)21-12-14-6-9-19-10-7-14/h3-5,8,11,13-14,19H,6-7,9-10,12H2,1-2H3,(H,21,22,23). The van der Waals surface area contributed by atoms with E-state index in [1.807, 2.05) is 24.3 Å². The van der Waals surface area contributed by atoms with Crippen LogP contribution in [0.5, 0.6) is 0 Å². The Kier molecular flexibility index (Phi) is 5.18. The van der Waals surface area contributed by atoms with Crippen molar-refractivity contribution in [2.24, 2.45) is 5.92 Å². The van der Waals surface area contributed by atoms with E-state index < -0.39 is 0 Å². The number of aromatic nitrogens is 3. The fraction of sp³-hybridized carbons (Fsp3) is 0.500. The average molecular weight is 311 g/mol. The minimum absolute atomic E-state index is 0.290. The lowest BCUT2D eigenvalue weighted by Gasteiger charge is -2.23. The highest BCUT2D eigenvalue weighted by molar-refractivity contribution is 5.58. The summed E-state index contributed by atoms with van der Waals surface area (Å²) in [6.07, 6.45) is 4.25. The number of hydrogen-bond donors (Lipinski definition) is 2. The molecule has 5 heteroatoms. The van der Waals surface area contributed by atoms with Crippen LogP contribution in [0, 0.1) is 5.92 Å². The van der Waals surface area contributed by atoms with Gasteiger partial charge in [-0.15, -0.1) is 0 Å². The molecular weight excluding hydrogens is 286 g/mol. The quantitative estimate of drug-likeness (QED) is 0.888. The van der Waals surface area contributed by atoms with Gasteiger partial charge in [-0.1, -0.05) is 19.9 Å². The van der Waals surface area contributed by atoms with E-state index in [2.05, 4.69) is 39.4 Å². The molecule has 5 nitrogen and oxygen atoms in total. The molecule has 1 saturated heterocycles. The van der Waals surface area contributed by atoms with Gasteiger partial charge in [-0.3, -0.25) is 4.98 Å². The Morgan fingerprint density at radius 3 is 2.70 bits per heavy atom. The molecule has 3 heterocycles. The predicted molar refractivity (Wildman–Crippen MR) is 93.4 cm³/mol. The fourth-order valence-corrected chi connectivity index (χ4v) is 2.79. The molecule has 2 N–H and O–H groups in total. The van der Waals surface area contributed by atoms with Gasteiger partial charge in [0.05, 0.1) is 11.4 Å². The molecule has 0 spiro atoms. The van der Waals surface area contributed by atoms with Gasteiger partial charge in [0.1, 0.15) is 11.6 Å². The van der Waals surface area contributed by atoms with Gasteiger partial charge in [-0.2, -0.15) is 0 Å². The molecule has 0 amide bonds. The molecule has 0 unspecified atom stereocenters. The van der Waals surface area contributed by atoms with Crippen LogP contribution >= 0.6 is 0 Å². The van der Waals surface area contributed by atoms with E-state index in [0.717, 1.165) is 42.7 Å². The van der Waals surface area contributed by atoms with Crippen molar-refractivity contribution >= 4 is 5.82 Å². The van der Waals surface area contributed by atoms with Crippen molar-refractivity contribution in [2.45, 2.75) is 32.6 Å². The Labute approximate surface area is 138 Å². The van der Waals surface area contributed by atoms with E-state index in [4.69, 9.17) is 0 Å².